The van der Waals surface area contributed by atoms with Crippen LogP contribution in [0.15, 0.2) is 17.5 Å². The Morgan fingerprint density at radius 3 is 2.79 bits per heavy atom. The molecule has 0 amide bonds. The summed E-state index contributed by atoms with van der Waals surface area (Å²) in [6, 6.07) is 3.08. The van der Waals surface area contributed by atoms with Gasteiger partial charge in [-0.1, -0.05) is 6.92 Å². The number of hydrogen-bond donors (Lipinski definition) is 1. The third-order valence-corrected chi connectivity index (χ3v) is 3.33. The molecule has 14 heavy (non-hydrogen) atoms. The van der Waals surface area contributed by atoms with E-state index in [1.807, 2.05) is 12.3 Å². The van der Waals surface area contributed by atoms with E-state index in [1.54, 1.807) is 6.07 Å². The van der Waals surface area contributed by atoms with Crippen LogP contribution in [0.4, 0.5) is 4.39 Å². The number of aryl methyl sites for hydroxylation is 1. The summed E-state index contributed by atoms with van der Waals surface area (Å²) in [5.41, 5.74) is 1.88. The highest BCUT2D eigenvalue weighted by Gasteiger charge is 2.08. The normalized spacial score (nSPS) is 11.1. The lowest BCUT2D eigenvalue weighted by molar-refractivity contribution is 0.283. The summed E-state index contributed by atoms with van der Waals surface area (Å²) in [6.45, 7) is 2.02. The van der Waals surface area contributed by atoms with Crippen LogP contribution in [-0.2, 0) is 13.0 Å². The highest BCUT2D eigenvalue weighted by Crippen LogP contribution is 2.30. The van der Waals surface area contributed by atoms with Crippen molar-refractivity contribution in [1.29, 1.82) is 0 Å². The van der Waals surface area contributed by atoms with Gasteiger partial charge in [0.1, 0.15) is 5.82 Å². The lowest BCUT2D eigenvalue weighted by atomic mass is 10.0. The number of rotatable bonds is 2. The molecule has 0 saturated heterocycles. The molecule has 0 fully saturated rings. The molecule has 2 aromatic rings. The molecule has 2 rings (SSSR count). The first-order valence-corrected chi connectivity index (χ1v) is 5.43. The molecule has 0 atom stereocenters. The molecule has 0 aliphatic carbocycles. The predicted octanol–water partition coefficient (Wildman–Crippen LogP) is 3.10. The third-order valence-electron chi connectivity index (χ3n) is 2.35. The van der Waals surface area contributed by atoms with Crippen molar-refractivity contribution in [2.24, 2.45) is 0 Å². The van der Waals surface area contributed by atoms with Crippen molar-refractivity contribution in [3.8, 4) is 0 Å². The molecule has 0 bridgehead atoms. The molecule has 1 N–H and O–H groups in total. The van der Waals surface area contributed by atoms with Crippen molar-refractivity contribution >= 4 is 21.4 Å². The molecule has 74 valence electrons. The van der Waals surface area contributed by atoms with Crippen molar-refractivity contribution < 1.29 is 9.50 Å². The minimum Gasteiger partial charge on any atom is -0.392 e. The monoisotopic (exact) mass is 210 g/mol. The number of hydrogen-bond acceptors (Lipinski definition) is 2. The van der Waals surface area contributed by atoms with Crippen LogP contribution in [0.25, 0.3) is 10.1 Å². The molecule has 1 heterocycles. The van der Waals surface area contributed by atoms with Crippen LogP contribution in [0.2, 0.25) is 0 Å². The van der Waals surface area contributed by atoms with E-state index in [9.17, 15) is 4.39 Å². The van der Waals surface area contributed by atoms with E-state index in [1.165, 1.54) is 17.4 Å². The summed E-state index contributed by atoms with van der Waals surface area (Å²) in [4.78, 5) is 0. The Bertz CT molecular complexity index is 462. The molecule has 0 aliphatic rings. The second-order valence-electron chi connectivity index (χ2n) is 3.21. The van der Waals surface area contributed by atoms with Crippen LogP contribution >= 0.6 is 11.3 Å². The Hall–Kier alpha value is -0.930. The zero-order valence-corrected chi connectivity index (χ0v) is 8.70. The fourth-order valence-electron chi connectivity index (χ4n) is 1.68. The fraction of sp³-hybridized carbons (Fsp3) is 0.273. The van der Waals surface area contributed by atoms with Crippen molar-refractivity contribution in [3.05, 3.63) is 34.5 Å². The zero-order valence-electron chi connectivity index (χ0n) is 7.88. The fourth-order valence-corrected chi connectivity index (χ4v) is 2.70. The Labute approximate surface area is 85.8 Å². The molecule has 0 radical (unpaired) electrons. The number of aliphatic hydroxyl groups excluding tert-OH is 1. The second kappa shape index (κ2) is 3.67. The van der Waals surface area contributed by atoms with E-state index in [2.05, 4.69) is 0 Å². The van der Waals surface area contributed by atoms with Crippen LogP contribution in [0.5, 0.6) is 0 Å². The summed E-state index contributed by atoms with van der Waals surface area (Å²) in [5.74, 6) is -0.194. The van der Waals surface area contributed by atoms with Crippen LogP contribution in [0.3, 0.4) is 0 Å². The lowest BCUT2D eigenvalue weighted by Gasteiger charge is -2.02. The minimum absolute atomic E-state index is 0.0264. The minimum atomic E-state index is -0.194. The van der Waals surface area contributed by atoms with E-state index >= 15 is 0 Å². The van der Waals surface area contributed by atoms with Gasteiger partial charge in [0.15, 0.2) is 0 Å². The highest BCUT2D eigenvalue weighted by molar-refractivity contribution is 7.17. The Balaban J connectivity index is 2.78. The van der Waals surface area contributed by atoms with E-state index < -0.39 is 0 Å². The van der Waals surface area contributed by atoms with Crippen LogP contribution < -0.4 is 0 Å². The van der Waals surface area contributed by atoms with E-state index in [-0.39, 0.29) is 12.4 Å². The van der Waals surface area contributed by atoms with Crippen molar-refractivity contribution in [3.63, 3.8) is 0 Å². The summed E-state index contributed by atoms with van der Waals surface area (Å²) in [6.07, 6.45) is 0.790. The zero-order chi connectivity index (χ0) is 10.1. The molecule has 0 unspecified atom stereocenters. The second-order valence-corrected chi connectivity index (χ2v) is 4.12. The highest BCUT2D eigenvalue weighted by atomic mass is 32.1. The van der Waals surface area contributed by atoms with Gasteiger partial charge in [-0.15, -0.1) is 11.3 Å². The van der Waals surface area contributed by atoms with Gasteiger partial charge < -0.3 is 5.11 Å². The largest absolute Gasteiger partial charge is 0.392 e. The first kappa shape index (κ1) is 9.62. The first-order chi connectivity index (χ1) is 6.76. The standard InChI is InChI=1S/C11H11FOS/c1-2-7-3-9(12)4-10-11(7)8(5-13)6-14-10/h3-4,6,13H,2,5H2,1H3. The predicted molar refractivity (Wildman–Crippen MR) is 57.1 cm³/mol. The number of aliphatic hydroxyl groups is 1. The van der Waals surface area contributed by atoms with Gasteiger partial charge in [-0.2, -0.15) is 0 Å². The Morgan fingerprint density at radius 2 is 2.14 bits per heavy atom. The molecule has 3 heteroatoms. The van der Waals surface area contributed by atoms with E-state index in [0.29, 0.717) is 0 Å². The van der Waals surface area contributed by atoms with Gasteiger partial charge in [-0.25, -0.2) is 4.39 Å². The number of benzene rings is 1. The van der Waals surface area contributed by atoms with Gasteiger partial charge >= 0.3 is 0 Å². The maximum absolute atomic E-state index is 13.1. The quantitative estimate of drug-likeness (QED) is 0.807. The van der Waals surface area contributed by atoms with Gasteiger partial charge in [0.05, 0.1) is 6.61 Å². The molecule has 0 saturated carbocycles. The van der Waals surface area contributed by atoms with Crippen LogP contribution in [0.1, 0.15) is 18.1 Å². The van der Waals surface area contributed by atoms with Gasteiger partial charge in [-0.05, 0) is 35.1 Å². The SMILES string of the molecule is CCc1cc(F)cc2scc(CO)c12. The maximum Gasteiger partial charge on any atom is 0.124 e. The van der Waals surface area contributed by atoms with E-state index in [0.717, 1.165) is 27.6 Å². The lowest BCUT2D eigenvalue weighted by Crippen LogP contribution is -1.88. The molecule has 0 spiro atoms. The average Bonchev–Trinajstić information content (AvgIpc) is 2.59. The Morgan fingerprint density at radius 1 is 1.36 bits per heavy atom. The molecular weight excluding hydrogens is 199 g/mol. The van der Waals surface area contributed by atoms with Gasteiger partial charge in [-0.3, -0.25) is 0 Å². The summed E-state index contributed by atoms with van der Waals surface area (Å²) < 4.78 is 14.1. The molecule has 0 aliphatic heterocycles. The molecule has 1 aromatic carbocycles. The van der Waals surface area contributed by atoms with Gasteiger partial charge in [0.25, 0.3) is 0 Å². The number of halogens is 1. The van der Waals surface area contributed by atoms with Crippen LogP contribution in [0, 0.1) is 5.82 Å². The van der Waals surface area contributed by atoms with E-state index in [4.69, 9.17) is 5.11 Å². The number of fused-ring (bicyclic) bond motifs is 1. The average molecular weight is 210 g/mol. The van der Waals surface area contributed by atoms with Crippen molar-refractivity contribution in [2.45, 2.75) is 20.0 Å². The smallest absolute Gasteiger partial charge is 0.124 e. The van der Waals surface area contributed by atoms with Crippen LogP contribution in [-0.4, -0.2) is 5.11 Å². The van der Waals surface area contributed by atoms with Crippen molar-refractivity contribution in [1.82, 2.24) is 0 Å². The summed E-state index contributed by atoms with van der Waals surface area (Å²) in [5, 5.41) is 12.0. The number of thiophene rings is 1. The third kappa shape index (κ3) is 1.42. The van der Waals surface area contributed by atoms with Gasteiger partial charge in [0, 0.05) is 10.1 Å². The summed E-state index contributed by atoms with van der Waals surface area (Å²) in [7, 11) is 0. The topological polar surface area (TPSA) is 20.2 Å². The van der Waals surface area contributed by atoms with Crippen molar-refractivity contribution in [2.75, 3.05) is 0 Å². The van der Waals surface area contributed by atoms with Gasteiger partial charge in [0.2, 0.25) is 0 Å². The molecule has 1 aromatic heterocycles. The summed E-state index contributed by atoms with van der Waals surface area (Å²) >= 11 is 1.48. The first-order valence-electron chi connectivity index (χ1n) is 4.55. The maximum atomic E-state index is 13.1. The molecular formula is C11H11FOS. The molecule has 1 nitrogen and oxygen atoms in total. The Kier molecular flexibility index (Phi) is 2.52.